The predicted octanol–water partition coefficient (Wildman–Crippen LogP) is 4.49. The topological polar surface area (TPSA) is 93.5 Å². The predicted molar refractivity (Wildman–Crippen MR) is 120 cm³/mol. The number of carbonyl (C=O) groups excluding carboxylic acids is 1. The summed E-state index contributed by atoms with van der Waals surface area (Å²) >= 11 is 6.63. The minimum atomic E-state index is -0.674. The Hall–Kier alpha value is -3.22. The first kappa shape index (κ1) is 19.7. The molecule has 0 amide bonds. The Morgan fingerprint density at radius 1 is 1.19 bits per heavy atom. The summed E-state index contributed by atoms with van der Waals surface area (Å²) in [6.07, 6.45) is 4.72. The zero-order valence-electron chi connectivity index (χ0n) is 16.9. The fourth-order valence-electron chi connectivity index (χ4n) is 4.35. The lowest BCUT2D eigenvalue weighted by Crippen LogP contribution is -2.40. The van der Waals surface area contributed by atoms with Gasteiger partial charge >= 0.3 is 0 Å². The Bertz CT molecular complexity index is 1310. The van der Waals surface area contributed by atoms with Crippen LogP contribution in [0.3, 0.4) is 0 Å². The van der Waals surface area contributed by atoms with Gasteiger partial charge in [0.25, 0.3) is 0 Å². The lowest BCUT2D eigenvalue weighted by molar-refractivity contribution is -0.0335. The van der Waals surface area contributed by atoms with E-state index in [2.05, 4.69) is 4.98 Å². The summed E-state index contributed by atoms with van der Waals surface area (Å²) in [4.78, 5) is 21.9. The van der Waals surface area contributed by atoms with E-state index < -0.39 is 5.60 Å². The van der Waals surface area contributed by atoms with Crippen LogP contribution in [0.15, 0.2) is 60.9 Å². The van der Waals surface area contributed by atoms with E-state index in [-0.39, 0.29) is 11.7 Å². The maximum absolute atomic E-state index is 12.8. The highest BCUT2D eigenvalue weighted by Crippen LogP contribution is 2.45. The number of aromatic nitrogens is 3. The fraction of sp³-hybridized carbons (Fsp3) is 0.208. The number of carbonyl (C=O) groups is 1. The Balaban J connectivity index is 1.59. The second-order valence-electron chi connectivity index (χ2n) is 8.34. The average molecular weight is 433 g/mol. The normalized spacial score (nSPS) is 20.5. The van der Waals surface area contributed by atoms with Gasteiger partial charge in [-0.15, -0.1) is 0 Å². The van der Waals surface area contributed by atoms with Crippen molar-refractivity contribution in [3.8, 4) is 11.3 Å². The van der Waals surface area contributed by atoms with Gasteiger partial charge in [0.05, 0.1) is 10.6 Å². The fourth-order valence-corrected chi connectivity index (χ4v) is 4.62. The number of aliphatic hydroxyl groups is 1. The molecule has 0 bridgehead atoms. The van der Waals surface area contributed by atoms with Crippen molar-refractivity contribution < 1.29 is 9.90 Å². The summed E-state index contributed by atoms with van der Waals surface area (Å²) < 4.78 is 1.93. The molecule has 0 saturated heterocycles. The molecule has 156 valence electrons. The summed E-state index contributed by atoms with van der Waals surface area (Å²) in [7, 11) is 0. The van der Waals surface area contributed by atoms with E-state index in [4.69, 9.17) is 22.3 Å². The van der Waals surface area contributed by atoms with Crippen molar-refractivity contribution in [1.82, 2.24) is 14.4 Å². The third-order valence-corrected chi connectivity index (χ3v) is 6.18. The van der Waals surface area contributed by atoms with Crippen LogP contribution in [0.2, 0.25) is 5.02 Å². The SMILES string of the molecule is C[C@]1(O)C[C@@H](c2nc(-c3ccc(C(=O)c4ccccc4)cc3Cl)c3c(N)nccn32)C1. The van der Waals surface area contributed by atoms with E-state index in [0.717, 1.165) is 5.82 Å². The number of hydrogen-bond acceptors (Lipinski definition) is 5. The highest BCUT2D eigenvalue weighted by atomic mass is 35.5. The number of hydrogen-bond donors (Lipinski definition) is 2. The molecule has 0 atom stereocenters. The van der Waals surface area contributed by atoms with E-state index in [0.29, 0.717) is 51.6 Å². The number of rotatable bonds is 4. The summed E-state index contributed by atoms with van der Waals surface area (Å²) in [5.74, 6) is 1.20. The lowest BCUT2D eigenvalue weighted by atomic mass is 9.72. The van der Waals surface area contributed by atoms with Gasteiger partial charge in [-0.25, -0.2) is 9.97 Å². The number of benzene rings is 2. The first-order valence-corrected chi connectivity index (χ1v) is 10.5. The van der Waals surface area contributed by atoms with Gasteiger partial charge in [0, 0.05) is 35.0 Å². The van der Waals surface area contributed by atoms with Crippen molar-refractivity contribution >= 4 is 28.7 Å². The van der Waals surface area contributed by atoms with Gasteiger partial charge < -0.3 is 10.8 Å². The summed E-state index contributed by atoms with van der Waals surface area (Å²) in [6.45, 7) is 1.83. The second kappa shape index (κ2) is 7.18. The van der Waals surface area contributed by atoms with E-state index in [1.54, 1.807) is 36.5 Å². The zero-order valence-corrected chi connectivity index (χ0v) is 17.7. The molecule has 4 aromatic rings. The number of nitrogen functional groups attached to an aromatic ring is 1. The lowest BCUT2D eigenvalue weighted by Gasteiger charge is -2.40. The van der Waals surface area contributed by atoms with Gasteiger partial charge in [-0.2, -0.15) is 0 Å². The third-order valence-electron chi connectivity index (χ3n) is 5.87. The monoisotopic (exact) mass is 432 g/mol. The van der Waals surface area contributed by atoms with Gasteiger partial charge in [0.15, 0.2) is 5.78 Å². The van der Waals surface area contributed by atoms with E-state index in [9.17, 15) is 9.90 Å². The molecule has 1 aliphatic rings. The zero-order chi connectivity index (χ0) is 21.8. The van der Waals surface area contributed by atoms with Crippen molar-refractivity contribution in [3.05, 3.63) is 82.9 Å². The molecule has 7 heteroatoms. The average Bonchev–Trinajstić information content (AvgIpc) is 3.12. The molecule has 1 fully saturated rings. The minimum Gasteiger partial charge on any atom is -0.390 e. The largest absolute Gasteiger partial charge is 0.390 e. The smallest absolute Gasteiger partial charge is 0.193 e. The molecular weight excluding hydrogens is 412 g/mol. The van der Waals surface area contributed by atoms with Crippen LogP contribution < -0.4 is 5.73 Å². The van der Waals surface area contributed by atoms with Crippen LogP contribution >= 0.6 is 11.6 Å². The molecule has 0 unspecified atom stereocenters. The van der Waals surface area contributed by atoms with E-state index in [1.807, 2.05) is 35.7 Å². The Morgan fingerprint density at radius 2 is 1.94 bits per heavy atom. The van der Waals surface area contributed by atoms with Crippen LogP contribution in [0.25, 0.3) is 16.8 Å². The quantitative estimate of drug-likeness (QED) is 0.463. The van der Waals surface area contributed by atoms with Crippen LogP contribution in [-0.4, -0.2) is 30.9 Å². The molecule has 3 N–H and O–H groups in total. The van der Waals surface area contributed by atoms with Crippen molar-refractivity contribution in [2.75, 3.05) is 5.73 Å². The molecular formula is C24H21ClN4O2. The van der Waals surface area contributed by atoms with Crippen LogP contribution in [0.5, 0.6) is 0 Å². The summed E-state index contributed by atoms with van der Waals surface area (Å²) in [5, 5.41) is 10.6. The van der Waals surface area contributed by atoms with Gasteiger partial charge in [-0.3, -0.25) is 9.20 Å². The first-order valence-electron chi connectivity index (χ1n) is 10.1. The Labute approximate surface area is 184 Å². The summed E-state index contributed by atoms with van der Waals surface area (Å²) in [6, 6.07) is 14.3. The van der Waals surface area contributed by atoms with Crippen LogP contribution in [-0.2, 0) is 0 Å². The number of nitrogens with two attached hydrogens (primary N) is 1. The van der Waals surface area contributed by atoms with Gasteiger partial charge in [0.1, 0.15) is 22.9 Å². The molecule has 6 nitrogen and oxygen atoms in total. The van der Waals surface area contributed by atoms with Gasteiger partial charge in [0.2, 0.25) is 0 Å². The minimum absolute atomic E-state index is 0.0951. The van der Waals surface area contributed by atoms with Crippen molar-refractivity contribution in [3.63, 3.8) is 0 Å². The molecule has 1 saturated carbocycles. The maximum Gasteiger partial charge on any atom is 0.193 e. The Kier molecular flexibility index (Phi) is 4.57. The molecule has 2 heterocycles. The first-order chi connectivity index (χ1) is 14.8. The standard InChI is InChI=1S/C24H21ClN4O2/c1-24(31)12-16(13-24)23-28-19(20-22(26)27-9-10-29(20)23)17-8-7-15(11-18(17)25)21(30)14-5-3-2-4-6-14/h2-11,16,31H,12-13H2,1H3,(H2,26,27)/t16-,24+. The molecule has 2 aromatic heterocycles. The summed E-state index contributed by atoms with van der Waals surface area (Å²) in [5.41, 5.74) is 8.62. The molecule has 1 aliphatic carbocycles. The van der Waals surface area contributed by atoms with Crippen LogP contribution in [0, 0.1) is 0 Å². The molecule has 0 spiro atoms. The molecule has 0 radical (unpaired) electrons. The van der Waals surface area contributed by atoms with Crippen molar-refractivity contribution in [1.29, 1.82) is 0 Å². The molecule has 0 aliphatic heterocycles. The van der Waals surface area contributed by atoms with Gasteiger partial charge in [-0.1, -0.05) is 54.1 Å². The molecule has 5 rings (SSSR count). The van der Waals surface area contributed by atoms with E-state index in [1.165, 1.54) is 0 Å². The van der Waals surface area contributed by atoms with Crippen molar-refractivity contribution in [2.45, 2.75) is 31.3 Å². The number of anilines is 1. The number of halogens is 1. The highest BCUT2D eigenvalue weighted by Gasteiger charge is 2.41. The third kappa shape index (κ3) is 3.38. The van der Waals surface area contributed by atoms with Crippen LogP contribution in [0.1, 0.15) is 47.4 Å². The number of nitrogens with zero attached hydrogens (tertiary/aromatic N) is 3. The Morgan fingerprint density at radius 3 is 2.61 bits per heavy atom. The molecule has 31 heavy (non-hydrogen) atoms. The second-order valence-corrected chi connectivity index (χ2v) is 8.75. The molecule has 2 aromatic carbocycles. The number of fused-ring (bicyclic) bond motifs is 1. The van der Waals surface area contributed by atoms with E-state index >= 15 is 0 Å². The van der Waals surface area contributed by atoms with Crippen molar-refractivity contribution in [2.24, 2.45) is 0 Å². The maximum atomic E-state index is 12.8. The number of ketones is 1. The van der Waals surface area contributed by atoms with Crippen LogP contribution in [0.4, 0.5) is 5.82 Å². The van der Waals surface area contributed by atoms with Gasteiger partial charge in [-0.05, 0) is 25.8 Å². The highest BCUT2D eigenvalue weighted by molar-refractivity contribution is 6.34. The number of imidazole rings is 1.